The summed E-state index contributed by atoms with van der Waals surface area (Å²) in [6, 6.07) is 7.85. The standard InChI is InChI=1S/C15H15ClN2OS/c1-2-7-19-11-5-3-10(4-6-11)15-17-13-9-20-8-12(13)14(16)18-15/h3-6H,2,7-9H2,1H3. The molecule has 0 amide bonds. The highest BCUT2D eigenvalue weighted by atomic mass is 35.5. The van der Waals surface area contributed by atoms with Crippen LogP contribution in [0.15, 0.2) is 24.3 Å². The van der Waals surface area contributed by atoms with E-state index in [9.17, 15) is 0 Å². The van der Waals surface area contributed by atoms with Gasteiger partial charge in [0.15, 0.2) is 5.82 Å². The summed E-state index contributed by atoms with van der Waals surface area (Å²) in [7, 11) is 0. The lowest BCUT2D eigenvalue weighted by Gasteiger charge is -2.07. The van der Waals surface area contributed by atoms with Crippen LogP contribution in [0.2, 0.25) is 5.15 Å². The van der Waals surface area contributed by atoms with E-state index >= 15 is 0 Å². The summed E-state index contributed by atoms with van der Waals surface area (Å²) in [5.74, 6) is 3.40. The number of halogens is 1. The topological polar surface area (TPSA) is 35.0 Å². The highest BCUT2D eigenvalue weighted by molar-refractivity contribution is 7.98. The lowest BCUT2D eigenvalue weighted by molar-refractivity contribution is 0.317. The molecule has 0 saturated heterocycles. The van der Waals surface area contributed by atoms with E-state index in [1.807, 2.05) is 36.0 Å². The molecule has 2 heterocycles. The smallest absolute Gasteiger partial charge is 0.161 e. The second kappa shape index (κ2) is 6.02. The van der Waals surface area contributed by atoms with Gasteiger partial charge in [0.25, 0.3) is 0 Å². The van der Waals surface area contributed by atoms with Gasteiger partial charge in [-0.3, -0.25) is 0 Å². The summed E-state index contributed by atoms with van der Waals surface area (Å²) in [4.78, 5) is 9.03. The first kappa shape index (κ1) is 13.7. The number of fused-ring (bicyclic) bond motifs is 1. The number of hydrogen-bond acceptors (Lipinski definition) is 4. The van der Waals surface area contributed by atoms with Gasteiger partial charge in [-0.15, -0.1) is 0 Å². The van der Waals surface area contributed by atoms with E-state index in [2.05, 4.69) is 16.9 Å². The molecule has 0 radical (unpaired) electrons. The SMILES string of the molecule is CCCOc1ccc(-c2nc(Cl)c3c(n2)CSC3)cc1. The Morgan fingerprint density at radius 3 is 2.75 bits per heavy atom. The number of nitrogens with zero attached hydrogens (tertiary/aromatic N) is 2. The van der Waals surface area contributed by atoms with Crippen LogP contribution < -0.4 is 4.74 Å². The van der Waals surface area contributed by atoms with Crippen molar-refractivity contribution in [1.29, 1.82) is 0 Å². The highest BCUT2D eigenvalue weighted by Gasteiger charge is 2.19. The molecule has 0 aliphatic carbocycles. The minimum Gasteiger partial charge on any atom is -0.494 e. The van der Waals surface area contributed by atoms with Crippen LogP contribution in [0.5, 0.6) is 5.75 Å². The number of hydrogen-bond donors (Lipinski definition) is 0. The number of aromatic nitrogens is 2. The summed E-state index contributed by atoms with van der Waals surface area (Å²) in [5.41, 5.74) is 3.12. The van der Waals surface area contributed by atoms with E-state index in [1.54, 1.807) is 0 Å². The second-order valence-electron chi connectivity index (χ2n) is 4.63. The van der Waals surface area contributed by atoms with Crippen LogP contribution in [0.3, 0.4) is 0 Å². The van der Waals surface area contributed by atoms with Crippen molar-refractivity contribution in [3.8, 4) is 17.1 Å². The number of thioether (sulfide) groups is 1. The molecule has 2 aromatic rings. The fourth-order valence-electron chi connectivity index (χ4n) is 2.06. The average Bonchev–Trinajstić information content (AvgIpc) is 2.94. The molecule has 0 bridgehead atoms. The Hall–Kier alpha value is -1.26. The van der Waals surface area contributed by atoms with E-state index in [1.165, 1.54) is 0 Å². The van der Waals surface area contributed by atoms with Crippen molar-refractivity contribution in [3.05, 3.63) is 40.7 Å². The lowest BCUT2D eigenvalue weighted by atomic mass is 10.2. The van der Waals surface area contributed by atoms with Gasteiger partial charge in [-0.25, -0.2) is 9.97 Å². The van der Waals surface area contributed by atoms with Crippen LogP contribution in [0.1, 0.15) is 24.6 Å². The first-order valence-corrected chi connectivity index (χ1v) is 8.17. The van der Waals surface area contributed by atoms with Gasteiger partial charge in [-0.2, -0.15) is 11.8 Å². The van der Waals surface area contributed by atoms with Crippen LogP contribution >= 0.6 is 23.4 Å². The Morgan fingerprint density at radius 2 is 2.00 bits per heavy atom. The van der Waals surface area contributed by atoms with Crippen molar-refractivity contribution >= 4 is 23.4 Å². The Kier molecular flexibility index (Phi) is 4.13. The van der Waals surface area contributed by atoms with E-state index in [0.717, 1.165) is 47.1 Å². The largest absolute Gasteiger partial charge is 0.494 e. The third kappa shape index (κ3) is 2.76. The lowest BCUT2D eigenvalue weighted by Crippen LogP contribution is -1.98. The predicted molar refractivity (Wildman–Crippen MR) is 83.3 cm³/mol. The van der Waals surface area contributed by atoms with Gasteiger partial charge in [0, 0.05) is 22.6 Å². The monoisotopic (exact) mass is 306 g/mol. The first-order chi connectivity index (χ1) is 9.78. The van der Waals surface area contributed by atoms with Gasteiger partial charge in [0.1, 0.15) is 10.9 Å². The van der Waals surface area contributed by atoms with E-state index < -0.39 is 0 Å². The minimum absolute atomic E-state index is 0.585. The van der Waals surface area contributed by atoms with Crippen LogP contribution in [0, 0.1) is 0 Å². The molecule has 3 rings (SSSR count). The molecule has 3 nitrogen and oxygen atoms in total. The molecule has 0 N–H and O–H groups in total. The van der Waals surface area contributed by atoms with Gasteiger partial charge < -0.3 is 4.74 Å². The molecule has 20 heavy (non-hydrogen) atoms. The molecule has 0 saturated carbocycles. The maximum Gasteiger partial charge on any atom is 0.161 e. The zero-order chi connectivity index (χ0) is 13.9. The molecule has 5 heteroatoms. The fraction of sp³-hybridized carbons (Fsp3) is 0.333. The molecule has 104 valence electrons. The van der Waals surface area contributed by atoms with Gasteiger partial charge in [-0.1, -0.05) is 18.5 Å². The van der Waals surface area contributed by atoms with E-state index in [-0.39, 0.29) is 0 Å². The molecule has 0 fully saturated rings. The molecular formula is C15H15ClN2OS. The Labute approximate surface area is 127 Å². The third-order valence-corrected chi connectivity index (χ3v) is 4.40. The van der Waals surface area contributed by atoms with Gasteiger partial charge in [0.2, 0.25) is 0 Å². The fourth-order valence-corrected chi connectivity index (χ4v) is 3.44. The Bertz CT molecular complexity index is 616. The quantitative estimate of drug-likeness (QED) is 0.787. The predicted octanol–water partition coefficient (Wildman–Crippen LogP) is 4.33. The normalized spacial score (nSPS) is 13.3. The molecule has 1 aliphatic heterocycles. The van der Waals surface area contributed by atoms with Gasteiger partial charge in [0.05, 0.1) is 12.3 Å². The second-order valence-corrected chi connectivity index (χ2v) is 5.97. The third-order valence-electron chi connectivity index (χ3n) is 3.11. The van der Waals surface area contributed by atoms with Crippen LogP contribution in [-0.2, 0) is 11.5 Å². The average molecular weight is 307 g/mol. The first-order valence-electron chi connectivity index (χ1n) is 6.64. The number of benzene rings is 1. The molecule has 0 spiro atoms. The van der Waals surface area contributed by atoms with Crippen LogP contribution in [0.4, 0.5) is 0 Å². The van der Waals surface area contributed by atoms with Crippen LogP contribution in [0.25, 0.3) is 11.4 Å². The zero-order valence-electron chi connectivity index (χ0n) is 11.2. The molecule has 1 aliphatic rings. The molecule has 1 aromatic heterocycles. The summed E-state index contributed by atoms with van der Waals surface area (Å²) >= 11 is 8.06. The molecule has 1 aromatic carbocycles. The van der Waals surface area contributed by atoms with Crippen molar-refractivity contribution in [2.24, 2.45) is 0 Å². The van der Waals surface area contributed by atoms with Crippen molar-refractivity contribution in [2.45, 2.75) is 24.9 Å². The van der Waals surface area contributed by atoms with Crippen molar-refractivity contribution in [1.82, 2.24) is 9.97 Å². The van der Waals surface area contributed by atoms with Gasteiger partial charge in [-0.05, 0) is 30.7 Å². The summed E-state index contributed by atoms with van der Waals surface area (Å²) in [5, 5.41) is 0.585. The van der Waals surface area contributed by atoms with E-state index in [0.29, 0.717) is 11.0 Å². The van der Waals surface area contributed by atoms with E-state index in [4.69, 9.17) is 16.3 Å². The Balaban J connectivity index is 1.87. The highest BCUT2D eigenvalue weighted by Crippen LogP contribution is 2.34. The number of rotatable bonds is 4. The van der Waals surface area contributed by atoms with Crippen LogP contribution in [-0.4, -0.2) is 16.6 Å². The Morgan fingerprint density at radius 1 is 1.20 bits per heavy atom. The molecule has 0 unspecified atom stereocenters. The summed E-state index contributed by atoms with van der Waals surface area (Å²) in [6.07, 6.45) is 1.00. The zero-order valence-corrected chi connectivity index (χ0v) is 12.8. The van der Waals surface area contributed by atoms with Crippen molar-refractivity contribution in [2.75, 3.05) is 6.61 Å². The number of ether oxygens (including phenoxy) is 1. The summed E-state index contributed by atoms with van der Waals surface area (Å²) in [6.45, 7) is 2.82. The summed E-state index contributed by atoms with van der Waals surface area (Å²) < 4.78 is 5.57. The minimum atomic E-state index is 0.585. The van der Waals surface area contributed by atoms with Gasteiger partial charge >= 0.3 is 0 Å². The molecule has 0 atom stereocenters. The van der Waals surface area contributed by atoms with Crippen molar-refractivity contribution < 1.29 is 4.74 Å². The van der Waals surface area contributed by atoms with Crippen molar-refractivity contribution in [3.63, 3.8) is 0 Å². The molecular weight excluding hydrogens is 292 g/mol. The maximum atomic E-state index is 6.24. The maximum absolute atomic E-state index is 6.24.